The van der Waals surface area contributed by atoms with E-state index in [4.69, 9.17) is 0 Å². The van der Waals surface area contributed by atoms with Gasteiger partial charge in [-0.1, -0.05) is 6.82 Å². The summed E-state index contributed by atoms with van der Waals surface area (Å²) in [6, 6.07) is 0. The second-order valence-corrected chi connectivity index (χ2v) is 1.99. The van der Waals surface area contributed by atoms with Crippen LogP contribution in [0.25, 0.3) is 0 Å². The highest BCUT2D eigenvalue weighted by atomic mass is 14.8. The van der Waals surface area contributed by atoms with E-state index in [0.717, 1.165) is 13.1 Å². The average Bonchev–Trinajstić information content (AvgIpc) is 1.90. The summed E-state index contributed by atoms with van der Waals surface area (Å²) in [5, 5.41) is 0. The Morgan fingerprint density at radius 2 is 1.89 bits per heavy atom. The summed E-state index contributed by atoms with van der Waals surface area (Å²) in [5.74, 6) is 0.840. The molecule has 0 saturated heterocycles. The van der Waals surface area contributed by atoms with Gasteiger partial charge in [0.1, 0.15) is 5.82 Å². The van der Waals surface area contributed by atoms with Gasteiger partial charge in [-0.15, -0.1) is 0 Å². The molecule has 1 aromatic rings. The van der Waals surface area contributed by atoms with Crippen molar-refractivity contribution >= 4 is 12.7 Å². The molecule has 46 valence electrons. The highest BCUT2D eigenvalue weighted by Crippen LogP contribution is 1.78. The van der Waals surface area contributed by atoms with E-state index in [1.165, 1.54) is 5.46 Å². The molecule has 0 spiro atoms. The van der Waals surface area contributed by atoms with Crippen molar-refractivity contribution in [2.24, 2.45) is 0 Å². The first kappa shape index (κ1) is 6.27. The molecule has 2 nitrogen and oxygen atoms in total. The molecule has 0 aromatic carbocycles. The predicted molar refractivity (Wildman–Crippen MR) is 39.4 cm³/mol. The van der Waals surface area contributed by atoms with Crippen molar-refractivity contribution in [2.75, 3.05) is 0 Å². The standard InChI is InChI=1S/C6H9BN2/c1-5-8-3-6(7-2)4-9-5/h3-4,7H,1-2H3. The summed E-state index contributed by atoms with van der Waals surface area (Å²) < 4.78 is 0. The van der Waals surface area contributed by atoms with Crippen molar-refractivity contribution in [1.29, 1.82) is 0 Å². The van der Waals surface area contributed by atoms with Gasteiger partial charge >= 0.3 is 0 Å². The number of aryl methyl sites for hydroxylation is 1. The van der Waals surface area contributed by atoms with E-state index in [9.17, 15) is 0 Å². The number of rotatable bonds is 1. The molecular weight excluding hydrogens is 111 g/mol. The Bertz CT molecular complexity index is 183. The van der Waals surface area contributed by atoms with Crippen molar-refractivity contribution in [1.82, 2.24) is 9.97 Å². The largest absolute Gasteiger partial charge is 0.242 e. The van der Waals surface area contributed by atoms with Crippen molar-refractivity contribution in [2.45, 2.75) is 13.7 Å². The average molecular weight is 120 g/mol. The van der Waals surface area contributed by atoms with Gasteiger partial charge in [0, 0.05) is 12.4 Å². The van der Waals surface area contributed by atoms with Crippen LogP contribution in [0.3, 0.4) is 0 Å². The van der Waals surface area contributed by atoms with Crippen LogP contribution in [-0.4, -0.2) is 17.2 Å². The molecule has 0 bridgehead atoms. The van der Waals surface area contributed by atoms with Crippen LogP contribution in [0.5, 0.6) is 0 Å². The molecule has 0 aliphatic heterocycles. The first-order valence-corrected chi connectivity index (χ1v) is 3.10. The second-order valence-electron chi connectivity index (χ2n) is 1.99. The molecule has 0 saturated carbocycles. The topological polar surface area (TPSA) is 25.8 Å². The molecule has 1 heterocycles. The molecular formula is C6H9BN2. The van der Waals surface area contributed by atoms with E-state index in [1.54, 1.807) is 0 Å². The molecule has 3 heteroatoms. The van der Waals surface area contributed by atoms with Crippen LogP contribution >= 0.6 is 0 Å². The Kier molecular flexibility index (Phi) is 1.83. The quantitative estimate of drug-likeness (QED) is 0.483. The summed E-state index contributed by atoms with van der Waals surface area (Å²) in [4.78, 5) is 8.08. The van der Waals surface area contributed by atoms with Crippen LogP contribution in [0.4, 0.5) is 0 Å². The van der Waals surface area contributed by atoms with Gasteiger partial charge in [-0.05, 0) is 12.4 Å². The van der Waals surface area contributed by atoms with E-state index < -0.39 is 0 Å². The van der Waals surface area contributed by atoms with E-state index in [0.29, 0.717) is 0 Å². The lowest BCUT2D eigenvalue weighted by Crippen LogP contribution is -2.12. The molecule has 0 aliphatic rings. The molecule has 0 amide bonds. The first-order chi connectivity index (χ1) is 4.33. The summed E-state index contributed by atoms with van der Waals surface area (Å²) in [5.41, 5.74) is 1.20. The third kappa shape index (κ3) is 1.52. The number of aromatic nitrogens is 2. The lowest BCUT2D eigenvalue weighted by molar-refractivity contribution is 1.06. The van der Waals surface area contributed by atoms with Crippen LogP contribution < -0.4 is 5.46 Å². The van der Waals surface area contributed by atoms with Crippen molar-refractivity contribution in [3.05, 3.63) is 18.2 Å². The fourth-order valence-electron chi connectivity index (χ4n) is 0.602. The van der Waals surface area contributed by atoms with Gasteiger partial charge in [0.25, 0.3) is 0 Å². The number of nitrogens with zero attached hydrogens (tertiary/aromatic N) is 2. The Labute approximate surface area is 55.6 Å². The highest BCUT2D eigenvalue weighted by Gasteiger charge is 1.88. The van der Waals surface area contributed by atoms with Gasteiger partial charge < -0.3 is 0 Å². The molecule has 1 aromatic heterocycles. The van der Waals surface area contributed by atoms with Crippen LogP contribution in [0.15, 0.2) is 12.4 Å². The predicted octanol–water partition coefficient (Wildman–Crippen LogP) is -0.105. The van der Waals surface area contributed by atoms with Crippen molar-refractivity contribution < 1.29 is 0 Å². The minimum atomic E-state index is 0.840. The maximum atomic E-state index is 4.04. The first-order valence-electron chi connectivity index (χ1n) is 3.10. The minimum Gasteiger partial charge on any atom is -0.242 e. The van der Waals surface area contributed by atoms with Crippen LogP contribution in [0.2, 0.25) is 6.82 Å². The van der Waals surface area contributed by atoms with Gasteiger partial charge in [-0.25, -0.2) is 9.97 Å². The van der Waals surface area contributed by atoms with Gasteiger partial charge in [0.2, 0.25) is 0 Å². The highest BCUT2D eigenvalue weighted by molar-refractivity contribution is 6.51. The molecule has 9 heavy (non-hydrogen) atoms. The summed E-state index contributed by atoms with van der Waals surface area (Å²) >= 11 is 0. The minimum absolute atomic E-state index is 0.840. The SMILES string of the molecule is CBc1cnc(C)nc1. The second kappa shape index (κ2) is 2.62. The third-order valence-corrected chi connectivity index (χ3v) is 1.24. The Hall–Kier alpha value is -0.855. The zero-order valence-corrected chi connectivity index (χ0v) is 5.76. The molecule has 0 N–H and O–H groups in total. The van der Waals surface area contributed by atoms with Crippen molar-refractivity contribution in [3.8, 4) is 0 Å². The zero-order valence-electron chi connectivity index (χ0n) is 5.76. The van der Waals surface area contributed by atoms with Gasteiger partial charge in [-0.3, -0.25) is 0 Å². The smallest absolute Gasteiger partial charge is 0.158 e. The maximum absolute atomic E-state index is 4.04. The van der Waals surface area contributed by atoms with Crippen LogP contribution in [0, 0.1) is 6.92 Å². The number of hydrogen-bond acceptors (Lipinski definition) is 2. The zero-order chi connectivity index (χ0) is 6.69. The Morgan fingerprint density at radius 3 is 2.33 bits per heavy atom. The van der Waals surface area contributed by atoms with Gasteiger partial charge in [-0.2, -0.15) is 0 Å². The molecule has 0 radical (unpaired) electrons. The van der Waals surface area contributed by atoms with E-state index in [1.807, 2.05) is 19.3 Å². The lowest BCUT2D eigenvalue weighted by atomic mass is 9.75. The fourth-order valence-corrected chi connectivity index (χ4v) is 0.602. The molecule has 0 aliphatic carbocycles. The number of hydrogen-bond donors (Lipinski definition) is 0. The molecule has 0 fully saturated rings. The molecule has 0 unspecified atom stereocenters. The Balaban J connectivity index is 2.88. The normalized spacial score (nSPS) is 9.11. The summed E-state index contributed by atoms with van der Waals surface area (Å²) in [6.45, 7) is 3.98. The van der Waals surface area contributed by atoms with E-state index in [2.05, 4.69) is 16.8 Å². The van der Waals surface area contributed by atoms with Gasteiger partial charge in [0.15, 0.2) is 7.28 Å². The van der Waals surface area contributed by atoms with Crippen LogP contribution in [-0.2, 0) is 0 Å². The molecule has 1 rings (SSSR count). The van der Waals surface area contributed by atoms with E-state index >= 15 is 0 Å². The monoisotopic (exact) mass is 120 g/mol. The fraction of sp³-hybridized carbons (Fsp3) is 0.333. The van der Waals surface area contributed by atoms with Gasteiger partial charge in [0.05, 0.1) is 0 Å². The van der Waals surface area contributed by atoms with Crippen LogP contribution in [0.1, 0.15) is 5.82 Å². The summed E-state index contributed by atoms with van der Waals surface area (Å²) in [7, 11) is 1.01. The third-order valence-electron chi connectivity index (χ3n) is 1.24. The van der Waals surface area contributed by atoms with Crippen molar-refractivity contribution in [3.63, 3.8) is 0 Å². The lowest BCUT2D eigenvalue weighted by Gasteiger charge is -1.91. The Morgan fingerprint density at radius 1 is 1.33 bits per heavy atom. The maximum Gasteiger partial charge on any atom is 0.158 e. The summed E-state index contributed by atoms with van der Waals surface area (Å²) in [6.07, 6.45) is 3.73. The molecule has 0 atom stereocenters. The van der Waals surface area contributed by atoms with E-state index in [-0.39, 0.29) is 0 Å².